The second-order valence-electron chi connectivity index (χ2n) is 7.09. The second kappa shape index (κ2) is 8.22. The van der Waals surface area contributed by atoms with E-state index in [1.54, 1.807) is 18.3 Å². The Labute approximate surface area is 169 Å². The molecule has 0 spiro atoms. The number of hydrogen-bond acceptors (Lipinski definition) is 10. The minimum Gasteiger partial charge on any atom is -0.423 e. The van der Waals surface area contributed by atoms with Crippen molar-refractivity contribution in [1.29, 1.82) is 0 Å². The molecule has 1 fully saturated rings. The van der Waals surface area contributed by atoms with Gasteiger partial charge in [0, 0.05) is 17.5 Å². The maximum atomic E-state index is 11.6. The SMILES string of the molecule is Cc1cc(=O)oc2cc(-n3cc(COC4OC(CO)[C@@H](O)[C@H](O)C4O)nn3)ccc12. The Hall–Kier alpha value is -2.67. The van der Waals surface area contributed by atoms with Gasteiger partial charge in [-0.1, -0.05) is 5.21 Å². The van der Waals surface area contributed by atoms with E-state index in [9.17, 15) is 25.2 Å². The molecule has 1 aliphatic rings. The van der Waals surface area contributed by atoms with Gasteiger partial charge < -0.3 is 34.3 Å². The van der Waals surface area contributed by atoms with Crippen LogP contribution in [0, 0.1) is 6.92 Å². The largest absolute Gasteiger partial charge is 0.423 e. The molecule has 30 heavy (non-hydrogen) atoms. The second-order valence-corrected chi connectivity index (χ2v) is 7.09. The summed E-state index contributed by atoms with van der Waals surface area (Å²) in [6.07, 6.45) is -5.21. The molecule has 0 amide bonds. The van der Waals surface area contributed by atoms with Crippen LogP contribution in [0.5, 0.6) is 0 Å². The maximum Gasteiger partial charge on any atom is 0.336 e. The van der Waals surface area contributed by atoms with Gasteiger partial charge in [0.1, 0.15) is 35.7 Å². The van der Waals surface area contributed by atoms with E-state index in [4.69, 9.17) is 13.9 Å². The molecule has 160 valence electrons. The molecule has 0 bridgehead atoms. The number of rotatable bonds is 5. The molecule has 4 rings (SSSR count). The fourth-order valence-electron chi connectivity index (χ4n) is 3.32. The van der Waals surface area contributed by atoms with Gasteiger partial charge in [-0.25, -0.2) is 9.48 Å². The van der Waals surface area contributed by atoms with E-state index in [0.717, 1.165) is 10.9 Å². The Morgan fingerprint density at radius 3 is 2.73 bits per heavy atom. The van der Waals surface area contributed by atoms with Crippen LogP contribution < -0.4 is 5.63 Å². The monoisotopic (exact) mass is 419 g/mol. The van der Waals surface area contributed by atoms with Crippen LogP contribution in [0.4, 0.5) is 0 Å². The van der Waals surface area contributed by atoms with Crippen LogP contribution in [-0.2, 0) is 16.1 Å². The number of ether oxygens (including phenoxy) is 2. The summed E-state index contributed by atoms with van der Waals surface area (Å²) in [4.78, 5) is 11.6. The Morgan fingerprint density at radius 1 is 1.17 bits per heavy atom. The lowest BCUT2D eigenvalue weighted by Gasteiger charge is -2.39. The first-order valence-corrected chi connectivity index (χ1v) is 9.25. The van der Waals surface area contributed by atoms with E-state index in [1.807, 2.05) is 13.0 Å². The molecule has 0 radical (unpaired) electrons. The minimum absolute atomic E-state index is 0.107. The van der Waals surface area contributed by atoms with Gasteiger partial charge in [-0.05, 0) is 24.6 Å². The molecule has 11 nitrogen and oxygen atoms in total. The smallest absolute Gasteiger partial charge is 0.336 e. The number of aliphatic hydroxyl groups excluding tert-OH is 4. The molecule has 2 aromatic heterocycles. The van der Waals surface area contributed by atoms with E-state index in [0.29, 0.717) is 17.0 Å². The van der Waals surface area contributed by atoms with E-state index >= 15 is 0 Å². The van der Waals surface area contributed by atoms with Gasteiger partial charge in [0.05, 0.1) is 25.1 Å². The average molecular weight is 419 g/mol. The predicted molar refractivity (Wildman–Crippen MR) is 101 cm³/mol. The maximum absolute atomic E-state index is 11.6. The Balaban J connectivity index is 1.48. The summed E-state index contributed by atoms with van der Waals surface area (Å²) in [5, 5.41) is 47.6. The van der Waals surface area contributed by atoms with Gasteiger partial charge in [-0.15, -0.1) is 5.10 Å². The zero-order valence-corrected chi connectivity index (χ0v) is 16.0. The number of aryl methyl sites for hydroxylation is 1. The van der Waals surface area contributed by atoms with Gasteiger partial charge >= 0.3 is 5.63 Å². The topological polar surface area (TPSA) is 160 Å². The van der Waals surface area contributed by atoms with Crippen LogP contribution >= 0.6 is 0 Å². The van der Waals surface area contributed by atoms with Crippen molar-refractivity contribution in [1.82, 2.24) is 15.0 Å². The van der Waals surface area contributed by atoms with E-state index in [1.165, 1.54) is 10.7 Å². The first-order valence-electron chi connectivity index (χ1n) is 9.25. The van der Waals surface area contributed by atoms with E-state index < -0.39 is 42.9 Å². The molecule has 3 unspecified atom stereocenters. The minimum atomic E-state index is -1.52. The highest BCUT2D eigenvalue weighted by atomic mass is 16.7. The van der Waals surface area contributed by atoms with Crippen molar-refractivity contribution < 1.29 is 34.3 Å². The van der Waals surface area contributed by atoms with Crippen molar-refractivity contribution in [3.8, 4) is 5.69 Å². The molecule has 11 heteroatoms. The molecule has 3 aromatic rings. The van der Waals surface area contributed by atoms with Crippen LogP contribution in [-0.4, -0.2) is 72.7 Å². The highest BCUT2D eigenvalue weighted by molar-refractivity contribution is 5.81. The standard InChI is InChI=1S/C19H21N3O8/c1-9-4-15(24)29-13-5-11(2-3-12(9)13)22-6-10(20-21-22)8-28-19-18(27)17(26)16(25)14(7-23)30-19/h2-6,14,16-19,23,25-27H,7-8H2,1H3/t14?,16-,17+,18?,19?/m1/s1. The third-order valence-electron chi connectivity index (χ3n) is 4.98. The lowest BCUT2D eigenvalue weighted by atomic mass is 9.99. The molecule has 4 N–H and O–H groups in total. The summed E-state index contributed by atoms with van der Waals surface area (Å²) >= 11 is 0. The number of fused-ring (bicyclic) bond motifs is 1. The highest BCUT2D eigenvalue weighted by Gasteiger charge is 2.44. The fourth-order valence-corrected chi connectivity index (χ4v) is 3.32. The third-order valence-corrected chi connectivity index (χ3v) is 4.98. The molecule has 3 heterocycles. The molecule has 5 atom stereocenters. The summed E-state index contributed by atoms with van der Waals surface area (Å²) < 4.78 is 17.4. The molecule has 1 aromatic carbocycles. The van der Waals surface area contributed by atoms with Gasteiger partial charge in [0.15, 0.2) is 6.29 Å². The van der Waals surface area contributed by atoms with Crippen molar-refractivity contribution in [2.24, 2.45) is 0 Å². The number of aromatic nitrogens is 3. The summed E-state index contributed by atoms with van der Waals surface area (Å²) in [6.45, 7) is 1.17. The van der Waals surface area contributed by atoms with Crippen molar-refractivity contribution in [2.45, 2.75) is 44.2 Å². The molecule has 0 aliphatic carbocycles. The summed E-state index contributed by atoms with van der Waals surface area (Å²) in [5.74, 6) is 0. The summed E-state index contributed by atoms with van der Waals surface area (Å²) in [5.41, 5.74) is 1.80. The Morgan fingerprint density at radius 2 is 1.97 bits per heavy atom. The Kier molecular flexibility index (Phi) is 5.64. The summed E-state index contributed by atoms with van der Waals surface area (Å²) in [7, 11) is 0. The lowest BCUT2D eigenvalue weighted by molar-refractivity contribution is -0.304. The number of nitrogens with zero attached hydrogens (tertiary/aromatic N) is 3. The van der Waals surface area contributed by atoms with Crippen LogP contribution in [0.1, 0.15) is 11.3 Å². The molecular formula is C19H21N3O8. The van der Waals surface area contributed by atoms with Gasteiger partial charge in [-0.3, -0.25) is 0 Å². The average Bonchev–Trinajstić information content (AvgIpc) is 3.20. The molecule has 1 saturated heterocycles. The fraction of sp³-hybridized carbons (Fsp3) is 0.421. The number of benzene rings is 1. The van der Waals surface area contributed by atoms with E-state index in [2.05, 4.69) is 10.3 Å². The third kappa shape index (κ3) is 3.86. The number of hydrogen-bond donors (Lipinski definition) is 4. The normalized spacial score (nSPS) is 26.9. The first-order chi connectivity index (χ1) is 14.4. The molecule has 1 aliphatic heterocycles. The first kappa shape index (κ1) is 20.6. The molecule has 0 saturated carbocycles. The van der Waals surface area contributed by atoms with E-state index in [-0.39, 0.29) is 6.61 Å². The van der Waals surface area contributed by atoms with Gasteiger partial charge in [-0.2, -0.15) is 0 Å². The van der Waals surface area contributed by atoms with Crippen LogP contribution in [0.3, 0.4) is 0 Å². The van der Waals surface area contributed by atoms with Crippen molar-refractivity contribution in [3.63, 3.8) is 0 Å². The van der Waals surface area contributed by atoms with Crippen molar-refractivity contribution in [2.75, 3.05) is 6.61 Å². The predicted octanol–water partition coefficient (Wildman–Crippen LogP) is -1.00. The number of aliphatic hydroxyl groups is 4. The lowest BCUT2D eigenvalue weighted by Crippen LogP contribution is -2.59. The van der Waals surface area contributed by atoms with Crippen molar-refractivity contribution in [3.05, 3.63) is 52.1 Å². The van der Waals surface area contributed by atoms with Crippen LogP contribution in [0.2, 0.25) is 0 Å². The van der Waals surface area contributed by atoms with Gasteiger partial charge in [0.25, 0.3) is 0 Å². The molecular weight excluding hydrogens is 398 g/mol. The zero-order valence-electron chi connectivity index (χ0n) is 16.0. The Bertz CT molecular complexity index is 1090. The quantitative estimate of drug-likeness (QED) is 0.378. The highest BCUT2D eigenvalue weighted by Crippen LogP contribution is 2.23. The van der Waals surface area contributed by atoms with Crippen LogP contribution in [0.15, 0.2) is 39.7 Å². The van der Waals surface area contributed by atoms with Crippen LogP contribution in [0.25, 0.3) is 16.7 Å². The van der Waals surface area contributed by atoms with Gasteiger partial charge in [0.2, 0.25) is 0 Å². The summed E-state index contributed by atoms with van der Waals surface area (Å²) in [6, 6.07) is 6.70. The zero-order chi connectivity index (χ0) is 21.4. The van der Waals surface area contributed by atoms with Crippen molar-refractivity contribution >= 4 is 11.0 Å².